The number of rotatable bonds is 8. The van der Waals surface area contributed by atoms with Crippen molar-refractivity contribution in [2.75, 3.05) is 0 Å². The zero-order valence-corrected chi connectivity index (χ0v) is 18.4. The number of aromatic nitrogens is 2. The van der Waals surface area contributed by atoms with Gasteiger partial charge in [0.1, 0.15) is 12.2 Å². The molecular weight excluding hydrogens is 457 g/mol. The van der Waals surface area contributed by atoms with E-state index in [1.165, 1.54) is 4.68 Å². The van der Waals surface area contributed by atoms with Gasteiger partial charge in [-0.15, -0.1) is 0 Å². The molecular formula is C23H20F3N2O4S-. The van der Waals surface area contributed by atoms with Gasteiger partial charge in [-0.05, 0) is 36.1 Å². The van der Waals surface area contributed by atoms with Crippen LogP contribution >= 0.6 is 0 Å². The molecule has 6 nitrogen and oxygen atoms in total. The number of alkyl halides is 3. The Hall–Kier alpha value is -2.98. The van der Waals surface area contributed by atoms with Gasteiger partial charge in [0.2, 0.25) is 11.7 Å². The Morgan fingerprint density at radius 2 is 1.91 bits per heavy atom. The van der Waals surface area contributed by atoms with Crippen molar-refractivity contribution in [2.24, 2.45) is 7.05 Å². The van der Waals surface area contributed by atoms with Crippen molar-refractivity contribution in [2.45, 2.75) is 37.3 Å². The standard InChI is InChI=1S/C23H21F3N2O4S/c1-28-22(32-12-14-5-3-2-4-6-14)19(20(27-28)15-7-8-15)21(29)18-10-9-17(23(24,25)26)11-16(18)13-33(30)31/h2-6,9-11,15H,7-8,12-13H2,1H3,(H,30,31)/p-1. The molecule has 0 saturated heterocycles. The Balaban J connectivity index is 1.76. The van der Waals surface area contributed by atoms with Gasteiger partial charge < -0.3 is 9.29 Å². The summed E-state index contributed by atoms with van der Waals surface area (Å²) in [7, 11) is 1.63. The van der Waals surface area contributed by atoms with Crippen LogP contribution in [0.4, 0.5) is 13.2 Å². The Kier molecular flexibility index (Phi) is 6.40. The monoisotopic (exact) mass is 477 g/mol. The Morgan fingerprint density at radius 3 is 2.52 bits per heavy atom. The number of nitrogens with zero attached hydrogens (tertiary/aromatic N) is 2. The number of ketones is 1. The smallest absolute Gasteiger partial charge is 0.416 e. The highest BCUT2D eigenvalue weighted by Crippen LogP contribution is 2.44. The fraction of sp³-hybridized carbons (Fsp3) is 0.304. The molecule has 33 heavy (non-hydrogen) atoms. The summed E-state index contributed by atoms with van der Waals surface area (Å²) < 4.78 is 69.6. The average molecular weight is 477 g/mol. The first-order valence-electron chi connectivity index (χ1n) is 10.2. The summed E-state index contributed by atoms with van der Waals surface area (Å²) in [6.07, 6.45) is -3.00. The lowest BCUT2D eigenvalue weighted by molar-refractivity contribution is -0.137. The third-order valence-corrected chi connectivity index (χ3v) is 5.93. The van der Waals surface area contributed by atoms with Crippen molar-refractivity contribution < 1.29 is 31.5 Å². The van der Waals surface area contributed by atoms with E-state index in [-0.39, 0.29) is 35.1 Å². The molecule has 1 aromatic heterocycles. The first-order valence-corrected chi connectivity index (χ1v) is 11.4. The van der Waals surface area contributed by atoms with Crippen molar-refractivity contribution in [1.29, 1.82) is 0 Å². The van der Waals surface area contributed by atoms with Crippen molar-refractivity contribution in [1.82, 2.24) is 9.78 Å². The predicted molar refractivity (Wildman–Crippen MR) is 113 cm³/mol. The summed E-state index contributed by atoms with van der Waals surface area (Å²) in [5, 5.41) is 4.45. The molecule has 1 atom stereocenters. The molecule has 0 spiro atoms. The lowest BCUT2D eigenvalue weighted by Gasteiger charge is -2.15. The normalized spacial score (nSPS) is 14.8. The summed E-state index contributed by atoms with van der Waals surface area (Å²) in [6, 6.07) is 11.8. The van der Waals surface area contributed by atoms with Crippen LogP contribution in [-0.2, 0) is 36.7 Å². The van der Waals surface area contributed by atoms with E-state index in [0.29, 0.717) is 11.8 Å². The minimum atomic E-state index is -4.67. The number of benzene rings is 2. The van der Waals surface area contributed by atoms with Gasteiger partial charge in [-0.3, -0.25) is 9.00 Å². The first-order chi connectivity index (χ1) is 15.6. The first kappa shape index (κ1) is 23.2. The molecule has 2 aromatic carbocycles. The van der Waals surface area contributed by atoms with E-state index >= 15 is 0 Å². The zero-order valence-electron chi connectivity index (χ0n) is 17.6. The maximum Gasteiger partial charge on any atom is 0.416 e. The van der Waals surface area contributed by atoms with Gasteiger partial charge in [-0.25, -0.2) is 4.68 Å². The molecule has 0 N–H and O–H groups in total. The number of ether oxygens (including phenoxy) is 1. The number of hydrogen-bond acceptors (Lipinski definition) is 5. The second kappa shape index (κ2) is 9.11. The number of aryl methyl sites for hydroxylation is 1. The van der Waals surface area contributed by atoms with Crippen LogP contribution in [0, 0.1) is 0 Å². The Bertz CT molecular complexity index is 1200. The Morgan fingerprint density at radius 1 is 1.21 bits per heavy atom. The SMILES string of the molecule is Cn1nc(C2CC2)c(C(=O)c2ccc(C(F)(F)F)cc2CS(=O)[O-])c1OCc1ccccc1. The number of halogens is 3. The van der Waals surface area contributed by atoms with Gasteiger partial charge in [0.15, 0.2) is 0 Å². The van der Waals surface area contributed by atoms with Crippen LogP contribution < -0.4 is 4.74 Å². The molecule has 1 unspecified atom stereocenters. The minimum absolute atomic E-state index is 0.0516. The molecule has 3 aromatic rings. The fourth-order valence-corrected chi connectivity index (χ4v) is 4.14. The van der Waals surface area contributed by atoms with E-state index in [1.54, 1.807) is 7.05 Å². The van der Waals surface area contributed by atoms with Gasteiger partial charge >= 0.3 is 6.18 Å². The van der Waals surface area contributed by atoms with Crippen molar-refractivity contribution in [3.05, 3.63) is 82.0 Å². The van der Waals surface area contributed by atoms with Crippen LogP contribution in [0.25, 0.3) is 0 Å². The van der Waals surface area contributed by atoms with E-state index in [0.717, 1.165) is 30.5 Å². The van der Waals surface area contributed by atoms with E-state index in [1.807, 2.05) is 30.3 Å². The predicted octanol–water partition coefficient (Wildman–Crippen LogP) is 4.51. The number of hydrogen-bond donors (Lipinski definition) is 0. The van der Waals surface area contributed by atoms with Gasteiger partial charge in [-0.2, -0.15) is 18.3 Å². The fourth-order valence-electron chi connectivity index (χ4n) is 3.65. The van der Waals surface area contributed by atoms with Crippen LogP contribution in [0.2, 0.25) is 0 Å². The van der Waals surface area contributed by atoms with Crippen molar-refractivity contribution in [3.8, 4) is 5.88 Å². The number of carbonyl (C=O) groups excluding carboxylic acids is 1. The molecule has 1 heterocycles. The highest BCUT2D eigenvalue weighted by atomic mass is 32.2. The topological polar surface area (TPSA) is 84.2 Å². The molecule has 174 valence electrons. The summed E-state index contributed by atoms with van der Waals surface area (Å²) in [4.78, 5) is 13.6. The van der Waals surface area contributed by atoms with E-state index in [2.05, 4.69) is 5.10 Å². The van der Waals surface area contributed by atoms with Crippen LogP contribution in [0.1, 0.15) is 57.1 Å². The molecule has 1 aliphatic carbocycles. The van der Waals surface area contributed by atoms with Crippen LogP contribution in [0.5, 0.6) is 5.88 Å². The molecule has 1 saturated carbocycles. The van der Waals surface area contributed by atoms with Crippen LogP contribution in [0.15, 0.2) is 48.5 Å². The molecule has 0 amide bonds. The molecule has 10 heteroatoms. The lowest BCUT2D eigenvalue weighted by atomic mass is 9.96. The van der Waals surface area contributed by atoms with E-state index in [9.17, 15) is 26.7 Å². The van der Waals surface area contributed by atoms with Crippen molar-refractivity contribution in [3.63, 3.8) is 0 Å². The summed E-state index contributed by atoms with van der Waals surface area (Å²) in [5.74, 6) is -1.08. The zero-order chi connectivity index (χ0) is 23.8. The third kappa shape index (κ3) is 5.17. The average Bonchev–Trinajstić information content (AvgIpc) is 3.55. The van der Waals surface area contributed by atoms with Gasteiger partial charge in [0, 0.05) is 24.3 Å². The quantitative estimate of drug-likeness (QED) is 0.352. The highest BCUT2D eigenvalue weighted by molar-refractivity contribution is 7.78. The van der Waals surface area contributed by atoms with Crippen LogP contribution in [0.3, 0.4) is 0 Å². The lowest BCUT2D eigenvalue weighted by Crippen LogP contribution is -2.13. The molecule has 1 aliphatic rings. The minimum Gasteiger partial charge on any atom is -0.772 e. The summed E-state index contributed by atoms with van der Waals surface area (Å²) in [6.45, 7) is 0.162. The third-order valence-electron chi connectivity index (χ3n) is 5.38. The van der Waals surface area contributed by atoms with Gasteiger partial charge in [-0.1, -0.05) is 47.5 Å². The van der Waals surface area contributed by atoms with Gasteiger partial charge in [0.05, 0.1) is 11.3 Å². The maximum absolute atomic E-state index is 13.6. The summed E-state index contributed by atoms with van der Waals surface area (Å²) >= 11 is -2.69. The maximum atomic E-state index is 13.6. The molecule has 0 radical (unpaired) electrons. The van der Waals surface area contributed by atoms with Crippen molar-refractivity contribution >= 4 is 16.9 Å². The second-order valence-electron chi connectivity index (χ2n) is 7.88. The summed E-state index contributed by atoms with van der Waals surface area (Å²) in [5.41, 5.74) is 0.179. The highest BCUT2D eigenvalue weighted by Gasteiger charge is 2.37. The Labute approximate surface area is 190 Å². The largest absolute Gasteiger partial charge is 0.772 e. The molecule has 4 rings (SSSR count). The second-order valence-corrected chi connectivity index (χ2v) is 8.78. The molecule has 0 aliphatic heterocycles. The van der Waals surface area contributed by atoms with E-state index in [4.69, 9.17) is 4.74 Å². The molecule has 1 fully saturated rings. The number of carbonyl (C=O) groups is 1. The van der Waals surface area contributed by atoms with E-state index < -0.39 is 34.4 Å². The molecule has 0 bridgehead atoms. The van der Waals surface area contributed by atoms with Crippen LogP contribution in [-0.4, -0.2) is 24.3 Å². The van der Waals surface area contributed by atoms with Gasteiger partial charge in [0.25, 0.3) is 0 Å².